The molecular weight excluding hydrogens is 722 g/mol. The van der Waals surface area contributed by atoms with Crippen LogP contribution in [0.4, 0.5) is 5.69 Å². The summed E-state index contributed by atoms with van der Waals surface area (Å²) in [6, 6.07) is 1.93. The Morgan fingerprint density at radius 2 is 1.26 bits per heavy atom. The van der Waals surface area contributed by atoms with E-state index in [9.17, 15) is 63.4 Å². The summed E-state index contributed by atoms with van der Waals surface area (Å²) in [4.78, 5) is 24.9. The van der Waals surface area contributed by atoms with Crippen LogP contribution in [-0.2, 0) is 34.6 Å². The maximum atomic E-state index is 12.6. The fourth-order valence-corrected chi connectivity index (χ4v) is 7.83. The van der Waals surface area contributed by atoms with Gasteiger partial charge in [-0.05, 0) is 44.7 Å². The zero-order valence-electron chi connectivity index (χ0n) is 29.8. The second-order valence-corrected chi connectivity index (χ2v) is 15.7. The summed E-state index contributed by atoms with van der Waals surface area (Å²) in [6.07, 6.45) is -7.50. The normalized spacial score (nSPS) is 33.1. The number of carbonyl (C=O) groups is 2. The van der Waals surface area contributed by atoms with Crippen LogP contribution < -0.4 is 10.6 Å². The van der Waals surface area contributed by atoms with Crippen molar-refractivity contribution in [3.05, 3.63) is 23.8 Å². The number of fused-ring (bicyclic) bond motifs is 1. The number of benzene rings is 1. The van der Waals surface area contributed by atoms with Crippen molar-refractivity contribution in [2.45, 2.75) is 143 Å². The third kappa shape index (κ3) is 9.96. The Morgan fingerprint density at radius 1 is 0.774 bits per heavy atom. The predicted octanol–water partition coefficient (Wildman–Crippen LogP) is -2.35. The molecule has 2 amide bonds. The molecule has 4 rings (SSSR count). The Bertz CT molecular complexity index is 1580. The molecule has 0 aromatic heterocycles. The predicted molar refractivity (Wildman–Crippen MR) is 184 cm³/mol. The van der Waals surface area contributed by atoms with Gasteiger partial charge in [-0.25, -0.2) is 0 Å². The number of amides is 2. The molecule has 300 valence electrons. The zero-order valence-corrected chi connectivity index (χ0v) is 30.6. The monoisotopic (exact) mass is 776 g/mol. The van der Waals surface area contributed by atoms with E-state index in [1.165, 1.54) is 12.1 Å². The summed E-state index contributed by atoms with van der Waals surface area (Å²) in [6.45, 7) is 3.24. The van der Waals surface area contributed by atoms with Gasteiger partial charge in [0.15, 0.2) is 18.3 Å². The van der Waals surface area contributed by atoms with Gasteiger partial charge in [-0.1, -0.05) is 12.8 Å². The first-order chi connectivity index (χ1) is 24.9. The van der Waals surface area contributed by atoms with Gasteiger partial charge in [0.1, 0.15) is 55.3 Å². The van der Waals surface area contributed by atoms with E-state index in [0.29, 0.717) is 51.5 Å². The Hall–Kier alpha value is -2.66. The van der Waals surface area contributed by atoms with Crippen molar-refractivity contribution in [1.82, 2.24) is 10.6 Å². The van der Waals surface area contributed by atoms with Gasteiger partial charge in [-0.15, -0.1) is 0 Å². The summed E-state index contributed by atoms with van der Waals surface area (Å²) < 4.78 is 46.1. The first-order valence-electron chi connectivity index (χ1n) is 17.9. The topological polar surface area (TPSA) is 296 Å². The third-order valence-corrected chi connectivity index (χ3v) is 11.5. The number of ether oxygens (including phenoxy) is 2. The molecule has 0 saturated carbocycles. The fraction of sp³-hybridized carbons (Fsp3) is 0.735. The summed E-state index contributed by atoms with van der Waals surface area (Å²) in [5.74, 6) is -0.933. The second-order valence-electron chi connectivity index (χ2n) is 14.2. The van der Waals surface area contributed by atoms with Gasteiger partial charge in [0, 0.05) is 37.8 Å². The standard InChI is InChI=1S/C34H53N3O15S/c1-18-34(2,13-7-3-5-9-24(40)35-26-30(44)28(42)22(16-38)51-32(26)46)20-15-19(53(48,49)50)11-12-21(20)37(18)14-8-4-6-10-25(41)36-27-31(45)29(43)23(17-39)52-33(27)47/h11-12,15,22-23,26-33,38-39,42-47H,3-10,13-14,16-17H2,1-2H3,(H2-,35,36,40,41,48,49,50)/p+1/t22-,23-,26-,27-,28-,29-,30-,31-,32-,33-,34?/m0/s1. The Balaban J connectivity index is 1.31. The average molecular weight is 777 g/mol. The first kappa shape index (κ1) is 43.1. The summed E-state index contributed by atoms with van der Waals surface area (Å²) in [7, 11) is -4.48. The molecular formula is C34H54N3O15S+. The number of rotatable bonds is 17. The maximum Gasteiger partial charge on any atom is 0.294 e. The molecule has 0 radical (unpaired) electrons. The van der Waals surface area contributed by atoms with E-state index in [1.807, 2.05) is 13.8 Å². The number of unbranched alkanes of at least 4 members (excludes halogenated alkanes) is 4. The summed E-state index contributed by atoms with van der Waals surface area (Å²) in [5.41, 5.74) is 1.84. The highest BCUT2D eigenvalue weighted by Gasteiger charge is 2.47. The van der Waals surface area contributed by atoms with Gasteiger partial charge in [0.25, 0.3) is 10.1 Å². The highest BCUT2D eigenvalue weighted by molar-refractivity contribution is 7.85. The Labute approximate surface area is 307 Å². The van der Waals surface area contributed by atoms with Crippen molar-refractivity contribution in [3.63, 3.8) is 0 Å². The van der Waals surface area contributed by atoms with E-state index in [1.54, 1.807) is 6.07 Å². The highest BCUT2D eigenvalue weighted by Crippen LogP contribution is 2.44. The number of hydrogen-bond donors (Lipinski definition) is 11. The van der Waals surface area contributed by atoms with Crippen molar-refractivity contribution < 1.29 is 77.5 Å². The SMILES string of the molecule is CC1=[N+](CCCCCC(=O)N[C@H]2[C@H](O)[C@@H](O)[C@H](CO)O[C@@H]2O)c2ccc(S(=O)(=O)O)cc2C1(C)CCCCCC(=O)N[C@H]1[C@H](O)[C@@H](O)[C@H](CO)O[C@@H]1O. The molecule has 2 saturated heterocycles. The van der Waals surface area contributed by atoms with Gasteiger partial charge >= 0.3 is 0 Å². The maximum absolute atomic E-state index is 12.6. The number of nitrogens with one attached hydrogen (secondary N) is 2. The Morgan fingerprint density at radius 3 is 1.74 bits per heavy atom. The van der Waals surface area contributed by atoms with Gasteiger partial charge in [0.05, 0.1) is 23.5 Å². The molecule has 11 N–H and O–H groups in total. The number of aliphatic hydroxyl groups excluding tert-OH is 8. The van der Waals surface area contributed by atoms with Crippen molar-refractivity contribution >= 4 is 33.3 Å². The molecule has 0 spiro atoms. The van der Waals surface area contributed by atoms with Crippen molar-refractivity contribution in [2.24, 2.45) is 0 Å². The van der Waals surface area contributed by atoms with E-state index >= 15 is 0 Å². The molecule has 1 unspecified atom stereocenters. The van der Waals surface area contributed by atoms with Gasteiger partial charge in [-0.3, -0.25) is 14.1 Å². The third-order valence-electron chi connectivity index (χ3n) is 10.7. The van der Waals surface area contributed by atoms with Crippen molar-refractivity contribution in [2.75, 3.05) is 19.8 Å². The lowest BCUT2D eigenvalue weighted by Crippen LogP contribution is -2.64. The molecule has 53 heavy (non-hydrogen) atoms. The lowest BCUT2D eigenvalue weighted by atomic mass is 9.76. The van der Waals surface area contributed by atoms with Crippen LogP contribution in [0.1, 0.15) is 77.2 Å². The second kappa shape index (κ2) is 18.3. The van der Waals surface area contributed by atoms with Gasteiger partial charge in [-0.2, -0.15) is 13.0 Å². The van der Waals surface area contributed by atoms with Crippen molar-refractivity contribution in [1.29, 1.82) is 0 Å². The Kier molecular flexibility index (Phi) is 14.9. The largest absolute Gasteiger partial charge is 0.394 e. The molecule has 0 aliphatic carbocycles. The van der Waals surface area contributed by atoms with Crippen LogP contribution in [0.5, 0.6) is 0 Å². The van der Waals surface area contributed by atoms with Crippen LogP contribution in [0, 0.1) is 0 Å². The molecule has 1 aromatic rings. The van der Waals surface area contributed by atoms with E-state index in [0.717, 1.165) is 17.0 Å². The van der Waals surface area contributed by atoms with Crippen LogP contribution in [-0.4, -0.2) is 157 Å². The molecule has 1 aromatic carbocycles. The lowest BCUT2D eigenvalue weighted by Gasteiger charge is -2.40. The van der Waals surface area contributed by atoms with E-state index < -0.39 is 102 Å². The van der Waals surface area contributed by atoms with Crippen LogP contribution in [0.3, 0.4) is 0 Å². The number of nitrogens with zero attached hydrogens (tertiary/aromatic N) is 1. The molecule has 3 aliphatic heterocycles. The van der Waals surface area contributed by atoms with Crippen LogP contribution in [0.2, 0.25) is 0 Å². The number of aliphatic hydroxyl groups is 8. The van der Waals surface area contributed by atoms with Crippen LogP contribution in [0.25, 0.3) is 0 Å². The summed E-state index contributed by atoms with van der Waals surface area (Å²) >= 11 is 0. The highest BCUT2D eigenvalue weighted by atomic mass is 32.2. The minimum atomic E-state index is -4.48. The van der Waals surface area contributed by atoms with E-state index in [4.69, 9.17) is 9.47 Å². The lowest BCUT2D eigenvalue weighted by molar-refractivity contribution is -0.439. The van der Waals surface area contributed by atoms with E-state index in [2.05, 4.69) is 15.2 Å². The van der Waals surface area contributed by atoms with E-state index in [-0.39, 0.29) is 17.7 Å². The van der Waals surface area contributed by atoms with Crippen LogP contribution >= 0.6 is 0 Å². The van der Waals surface area contributed by atoms with Gasteiger partial charge in [0.2, 0.25) is 17.5 Å². The quantitative estimate of drug-likeness (QED) is 0.0449. The average Bonchev–Trinajstić information content (AvgIpc) is 3.32. The smallest absolute Gasteiger partial charge is 0.294 e. The molecule has 18 nitrogen and oxygen atoms in total. The minimum Gasteiger partial charge on any atom is -0.394 e. The fourth-order valence-electron chi connectivity index (χ4n) is 7.33. The van der Waals surface area contributed by atoms with Gasteiger partial charge < -0.3 is 61.0 Å². The number of hydrogen-bond acceptors (Lipinski definition) is 14. The zero-order chi connectivity index (χ0) is 39.2. The molecule has 2 fully saturated rings. The van der Waals surface area contributed by atoms with Crippen LogP contribution in [0.15, 0.2) is 23.1 Å². The van der Waals surface area contributed by atoms with Crippen molar-refractivity contribution in [3.8, 4) is 0 Å². The number of carbonyl (C=O) groups excluding carboxylic acids is 2. The molecule has 3 aliphatic rings. The molecule has 11 atom stereocenters. The first-order valence-corrected chi connectivity index (χ1v) is 19.3. The molecule has 0 bridgehead atoms. The minimum absolute atomic E-state index is 0.0598. The molecule has 19 heteroatoms. The summed E-state index contributed by atoms with van der Waals surface area (Å²) in [5, 5.41) is 84.4. The molecule has 3 heterocycles.